The summed E-state index contributed by atoms with van der Waals surface area (Å²) in [5.41, 5.74) is 4.04. The zero-order chi connectivity index (χ0) is 8.27. The van der Waals surface area contributed by atoms with E-state index in [9.17, 15) is 0 Å². The number of benzene rings is 1. The van der Waals surface area contributed by atoms with E-state index in [1.54, 1.807) is 0 Å². The van der Waals surface area contributed by atoms with Gasteiger partial charge < -0.3 is 0 Å². The first-order valence-corrected chi connectivity index (χ1v) is 4.00. The van der Waals surface area contributed by atoms with E-state index >= 15 is 0 Å². The maximum absolute atomic E-state index is 3.77. The molecular weight excluding hydrogens is 131 g/mol. The van der Waals surface area contributed by atoms with E-state index in [0.717, 1.165) is 7.28 Å². The first-order chi connectivity index (χ1) is 5.29. The van der Waals surface area contributed by atoms with Crippen molar-refractivity contribution < 1.29 is 0 Å². The van der Waals surface area contributed by atoms with Crippen LogP contribution >= 0.6 is 0 Å². The van der Waals surface area contributed by atoms with Gasteiger partial charge in [-0.3, -0.25) is 0 Å². The van der Waals surface area contributed by atoms with E-state index in [1.807, 2.05) is 6.08 Å². The Morgan fingerprint density at radius 2 is 2.18 bits per heavy atom. The smallest absolute Gasteiger partial charge is 0.0985 e. The third-order valence-electron chi connectivity index (χ3n) is 2.09. The van der Waals surface area contributed by atoms with Crippen LogP contribution in [-0.4, -0.2) is 7.28 Å². The highest BCUT2D eigenvalue weighted by Gasteiger charge is 1.98. The Morgan fingerprint density at radius 1 is 1.45 bits per heavy atom. The molecule has 0 saturated heterocycles. The lowest BCUT2D eigenvalue weighted by Crippen LogP contribution is -2.14. The Kier molecular flexibility index (Phi) is 2.53. The molecule has 0 bridgehead atoms. The van der Waals surface area contributed by atoms with Gasteiger partial charge in [-0.05, 0) is 18.1 Å². The van der Waals surface area contributed by atoms with E-state index < -0.39 is 0 Å². The van der Waals surface area contributed by atoms with Gasteiger partial charge in [0.25, 0.3) is 0 Å². The van der Waals surface area contributed by atoms with Crippen LogP contribution in [0.2, 0.25) is 6.82 Å². The van der Waals surface area contributed by atoms with Crippen molar-refractivity contribution in [3.63, 3.8) is 0 Å². The molecule has 0 spiro atoms. The second-order valence-electron chi connectivity index (χ2n) is 2.69. The van der Waals surface area contributed by atoms with Crippen molar-refractivity contribution >= 4 is 18.8 Å². The van der Waals surface area contributed by atoms with Gasteiger partial charge >= 0.3 is 0 Å². The van der Waals surface area contributed by atoms with E-state index in [0.29, 0.717) is 0 Å². The van der Waals surface area contributed by atoms with Crippen LogP contribution in [0.1, 0.15) is 11.1 Å². The zero-order valence-electron chi connectivity index (χ0n) is 7.22. The second kappa shape index (κ2) is 3.43. The maximum Gasteiger partial charge on any atom is 0.154 e. The summed E-state index contributed by atoms with van der Waals surface area (Å²) in [7, 11) is 1.10. The van der Waals surface area contributed by atoms with Gasteiger partial charge in [0.1, 0.15) is 0 Å². The molecule has 1 heteroatoms. The summed E-state index contributed by atoms with van der Waals surface area (Å²) in [6, 6.07) is 6.35. The van der Waals surface area contributed by atoms with Gasteiger partial charge in [0.05, 0.1) is 0 Å². The average molecular weight is 144 g/mol. The fraction of sp³-hybridized carbons (Fsp3) is 0.200. The van der Waals surface area contributed by atoms with Crippen LogP contribution in [0, 0.1) is 6.92 Å². The molecule has 11 heavy (non-hydrogen) atoms. The fourth-order valence-electron chi connectivity index (χ4n) is 1.31. The molecule has 0 radical (unpaired) electrons. The Morgan fingerprint density at radius 3 is 2.73 bits per heavy atom. The molecule has 0 aromatic heterocycles. The van der Waals surface area contributed by atoms with Gasteiger partial charge in [-0.2, -0.15) is 0 Å². The molecule has 0 unspecified atom stereocenters. The predicted molar refractivity (Wildman–Crippen MR) is 53.9 cm³/mol. The van der Waals surface area contributed by atoms with Crippen LogP contribution < -0.4 is 5.46 Å². The Hall–Kier alpha value is -0.975. The van der Waals surface area contributed by atoms with Crippen molar-refractivity contribution in [1.29, 1.82) is 0 Å². The SMILES string of the molecule is C=Cc1cccc(BC)c1C. The largest absolute Gasteiger partial charge is 0.154 e. The van der Waals surface area contributed by atoms with E-state index in [2.05, 4.69) is 38.5 Å². The molecule has 0 amide bonds. The predicted octanol–water partition coefficient (Wildman–Crippen LogP) is 1.75. The lowest BCUT2D eigenvalue weighted by Gasteiger charge is -2.04. The molecule has 1 aromatic rings. The summed E-state index contributed by atoms with van der Waals surface area (Å²) < 4.78 is 0. The van der Waals surface area contributed by atoms with Crippen LogP contribution in [0.25, 0.3) is 6.08 Å². The number of rotatable bonds is 2. The zero-order valence-corrected chi connectivity index (χ0v) is 7.22. The van der Waals surface area contributed by atoms with E-state index in [1.165, 1.54) is 16.6 Å². The topological polar surface area (TPSA) is 0 Å². The molecular formula is C10H13B. The quantitative estimate of drug-likeness (QED) is 0.554. The monoisotopic (exact) mass is 144 g/mol. The van der Waals surface area contributed by atoms with Crippen LogP contribution in [0.15, 0.2) is 24.8 Å². The van der Waals surface area contributed by atoms with E-state index in [4.69, 9.17) is 0 Å². The molecule has 0 atom stereocenters. The molecule has 0 heterocycles. The summed E-state index contributed by atoms with van der Waals surface area (Å²) in [5.74, 6) is 0. The highest BCUT2D eigenvalue weighted by Crippen LogP contribution is 2.05. The molecule has 0 fully saturated rings. The lowest BCUT2D eigenvalue weighted by atomic mass is 9.70. The Bertz CT molecular complexity index is 264. The lowest BCUT2D eigenvalue weighted by molar-refractivity contribution is 1.48. The van der Waals surface area contributed by atoms with Crippen molar-refractivity contribution in [2.24, 2.45) is 0 Å². The number of hydrogen-bond donors (Lipinski definition) is 0. The van der Waals surface area contributed by atoms with Gasteiger partial charge in [0.15, 0.2) is 7.28 Å². The second-order valence-corrected chi connectivity index (χ2v) is 2.69. The summed E-state index contributed by atoms with van der Waals surface area (Å²) >= 11 is 0. The summed E-state index contributed by atoms with van der Waals surface area (Å²) in [6.07, 6.45) is 1.91. The van der Waals surface area contributed by atoms with Gasteiger partial charge in [-0.15, -0.1) is 0 Å². The number of hydrogen-bond acceptors (Lipinski definition) is 0. The maximum atomic E-state index is 3.77. The fourth-order valence-corrected chi connectivity index (χ4v) is 1.31. The third kappa shape index (κ3) is 1.54. The Balaban J connectivity index is 3.20. The normalized spacial score (nSPS) is 9.27. The van der Waals surface area contributed by atoms with Crippen molar-refractivity contribution in [3.05, 3.63) is 35.9 Å². The molecule has 0 aliphatic rings. The third-order valence-corrected chi connectivity index (χ3v) is 2.09. The minimum absolute atomic E-state index is 1.10. The van der Waals surface area contributed by atoms with Gasteiger partial charge in [0, 0.05) is 0 Å². The van der Waals surface area contributed by atoms with Crippen molar-refractivity contribution in [3.8, 4) is 0 Å². The van der Waals surface area contributed by atoms with Crippen molar-refractivity contribution in [1.82, 2.24) is 0 Å². The first-order valence-electron chi connectivity index (χ1n) is 4.00. The summed E-state index contributed by atoms with van der Waals surface area (Å²) in [5, 5.41) is 0. The summed E-state index contributed by atoms with van der Waals surface area (Å²) in [6.45, 7) is 8.09. The Labute approximate surface area is 69.2 Å². The van der Waals surface area contributed by atoms with Crippen LogP contribution in [0.4, 0.5) is 0 Å². The highest BCUT2D eigenvalue weighted by atomic mass is 14.0. The molecule has 0 saturated carbocycles. The molecule has 0 nitrogen and oxygen atoms in total. The van der Waals surface area contributed by atoms with Gasteiger partial charge in [-0.25, -0.2) is 0 Å². The highest BCUT2D eigenvalue weighted by molar-refractivity contribution is 6.52. The first kappa shape index (κ1) is 8.12. The van der Waals surface area contributed by atoms with Gasteiger partial charge in [0.2, 0.25) is 0 Å². The minimum Gasteiger partial charge on any atom is -0.0985 e. The minimum atomic E-state index is 1.10. The van der Waals surface area contributed by atoms with Crippen LogP contribution in [0.5, 0.6) is 0 Å². The molecule has 1 aromatic carbocycles. The molecule has 56 valence electrons. The van der Waals surface area contributed by atoms with Crippen LogP contribution in [0.3, 0.4) is 0 Å². The van der Waals surface area contributed by atoms with Crippen molar-refractivity contribution in [2.75, 3.05) is 0 Å². The molecule has 0 aliphatic heterocycles. The standard InChI is InChI=1S/C10H13B/c1-4-9-6-5-7-10(11-3)8(9)2/h4-7,11H,1H2,2-3H3. The van der Waals surface area contributed by atoms with E-state index in [-0.39, 0.29) is 0 Å². The van der Waals surface area contributed by atoms with Gasteiger partial charge in [-0.1, -0.05) is 43.1 Å². The summed E-state index contributed by atoms with van der Waals surface area (Å²) in [4.78, 5) is 0. The van der Waals surface area contributed by atoms with Crippen molar-refractivity contribution in [2.45, 2.75) is 13.7 Å². The molecule has 0 N–H and O–H groups in total. The average Bonchev–Trinajstić information content (AvgIpc) is 2.05. The molecule has 1 rings (SSSR count). The molecule has 0 aliphatic carbocycles. The van der Waals surface area contributed by atoms with Crippen LogP contribution in [-0.2, 0) is 0 Å².